The Morgan fingerprint density at radius 1 is 1.41 bits per heavy atom. The summed E-state index contributed by atoms with van der Waals surface area (Å²) in [4.78, 5) is 22.3. The van der Waals surface area contributed by atoms with Crippen molar-refractivity contribution < 1.29 is 29.1 Å². The minimum atomic E-state index is -1.23. The fraction of sp³-hybridized carbons (Fsp3) is 0.571. The summed E-state index contributed by atoms with van der Waals surface area (Å²) >= 11 is 0. The molecule has 3 N–H and O–H groups in total. The van der Waals surface area contributed by atoms with E-state index in [2.05, 4.69) is 5.32 Å². The maximum absolute atomic E-state index is 11.7. The lowest BCUT2D eigenvalue weighted by Crippen LogP contribution is -2.53. The Kier molecular flexibility index (Phi) is 7.69. The summed E-state index contributed by atoms with van der Waals surface area (Å²) in [5, 5.41) is 21.0. The fourth-order valence-corrected chi connectivity index (χ4v) is 2.14. The van der Waals surface area contributed by atoms with E-state index in [1.54, 1.807) is 0 Å². The van der Waals surface area contributed by atoms with Crippen LogP contribution in [-0.2, 0) is 14.2 Å². The molecule has 0 saturated carbocycles. The van der Waals surface area contributed by atoms with Gasteiger partial charge < -0.3 is 24.8 Å². The second-order valence-electron chi connectivity index (χ2n) is 5.01. The summed E-state index contributed by atoms with van der Waals surface area (Å²) in [5.41, 5.74) is 0.861. The number of carboxylic acid groups (broad SMARTS) is 1. The third-order valence-corrected chi connectivity index (χ3v) is 3.30. The van der Waals surface area contributed by atoms with E-state index in [1.165, 1.54) is 0 Å². The maximum atomic E-state index is 11.7. The summed E-state index contributed by atoms with van der Waals surface area (Å²) in [6, 6.07) is 0. The van der Waals surface area contributed by atoms with Crippen molar-refractivity contribution in [3.63, 3.8) is 0 Å². The second kappa shape index (κ2) is 9.27. The Morgan fingerprint density at radius 2 is 2.14 bits per heavy atom. The lowest BCUT2D eigenvalue weighted by atomic mass is 9.72. The number of carbonyl (C=O) groups is 2. The van der Waals surface area contributed by atoms with E-state index >= 15 is 0 Å². The first kappa shape index (κ1) is 18.3. The van der Waals surface area contributed by atoms with Gasteiger partial charge in [0.1, 0.15) is 6.61 Å². The third-order valence-electron chi connectivity index (χ3n) is 3.30. The molecule has 0 aliphatic carbocycles. The molecule has 0 spiro atoms. The van der Waals surface area contributed by atoms with Crippen molar-refractivity contribution >= 4 is 19.2 Å². The van der Waals surface area contributed by atoms with Crippen molar-refractivity contribution in [1.29, 1.82) is 0 Å². The molecule has 1 aliphatic rings. The minimum absolute atomic E-state index is 0.137. The summed E-state index contributed by atoms with van der Waals surface area (Å²) in [7, 11) is -1.23. The zero-order chi connectivity index (χ0) is 16.5. The quantitative estimate of drug-likeness (QED) is 0.504. The molecule has 2 atom stereocenters. The molecule has 1 saturated heterocycles. The SMILES string of the molecule is C/C=C\C(=C/C)COC(=O)N[C@H]1CC[C@@H](CC(=O)O)OB1O. The Bertz CT molecular complexity index is 451. The maximum Gasteiger partial charge on any atom is 0.478 e. The molecule has 1 amide bonds. The predicted molar refractivity (Wildman–Crippen MR) is 81.2 cm³/mol. The number of hydrogen-bond donors (Lipinski definition) is 3. The molecule has 122 valence electrons. The Hall–Kier alpha value is -1.80. The zero-order valence-electron chi connectivity index (χ0n) is 12.8. The minimum Gasteiger partial charge on any atom is -0.481 e. The normalized spacial score (nSPS) is 22.7. The molecule has 1 aliphatic heterocycles. The van der Waals surface area contributed by atoms with Gasteiger partial charge in [0.15, 0.2) is 0 Å². The average molecular weight is 311 g/mol. The molecule has 0 aromatic heterocycles. The van der Waals surface area contributed by atoms with Crippen LogP contribution in [-0.4, -0.2) is 48.0 Å². The molecular formula is C14H22BNO6. The van der Waals surface area contributed by atoms with Crippen molar-refractivity contribution in [2.75, 3.05) is 6.61 Å². The van der Waals surface area contributed by atoms with E-state index in [0.717, 1.165) is 5.57 Å². The fourth-order valence-electron chi connectivity index (χ4n) is 2.14. The van der Waals surface area contributed by atoms with Crippen molar-refractivity contribution in [2.45, 2.75) is 45.2 Å². The van der Waals surface area contributed by atoms with Gasteiger partial charge in [-0.05, 0) is 32.3 Å². The van der Waals surface area contributed by atoms with Gasteiger partial charge >= 0.3 is 19.2 Å². The molecule has 7 nitrogen and oxygen atoms in total. The molecule has 22 heavy (non-hydrogen) atoms. The summed E-state index contributed by atoms with van der Waals surface area (Å²) in [6.07, 6.45) is 5.05. The first-order chi connectivity index (χ1) is 10.5. The lowest BCUT2D eigenvalue weighted by molar-refractivity contribution is -0.139. The van der Waals surface area contributed by atoms with Crippen molar-refractivity contribution in [3.8, 4) is 0 Å². The molecule has 1 heterocycles. The standard InChI is InChI=1S/C14H22BNO6/c1-3-5-10(4-2)9-21-14(19)16-12-7-6-11(8-13(17)18)22-15(12)20/h3-5,11-12,20H,6-9H2,1-2H3,(H,16,19)(H,17,18)/b5-3-,10-4+/t11-,12-/m0/s1. The van der Waals surface area contributed by atoms with Crippen molar-refractivity contribution in [2.24, 2.45) is 0 Å². The van der Waals surface area contributed by atoms with Gasteiger partial charge in [-0.3, -0.25) is 4.79 Å². The van der Waals surface area contributed by atoms with Crippen LogP contribution < -0.4 is 5.32 Å². The number of allylic oxidation sites excluding steroid dienone is 2. The Balaban J connectivity index is 2.38. The largest absolute Gasteiger partial charge is 0.481 e. The molecule has 0 aromatic carbocycles. The number of nitrogens with one attached hydrogen (secondary N) is 1. The van der Waals surface area contributed by atoms with Crippen LogP contribution in [0.15, 0.2) is 23.8 Å². The van der Waals surface area contributed by atoms with Crippen LogP contribution >= 0.6 is 0 Å². The summed E-state index contributed by atoms with van der Waals surface area (Å²) in [5.74, 6) is -1.58. The third kappa shape index (κ3) is 6.32. The van der Waals surface area contributed by atoms with Gasteiger partial charge in [0.25, 0.3) is 0 Å². The van der Waals surface area contributed by atoms with Crippen molar-refractivity contribution in [1.82, 2.24) is 5.32 Å². The van der Waals surface area contributed by atoms with E-state index in [0.29, 0.717) is 12.8 Å². The highest BCUT2D eigenvalue weighted by molar-refractivity contribution is 6.45. The van der Waals surface area contributed by atoms with Crippen molar-refractivity contribution in [3.05, 3.63) is 23.8 Å². The van der Waals surface area contributed by atoms with Gasteiger partial charge in [0, 0.05) is 0 Å². The zero-order valence-corrected chi connectivity index (χ0v) is 12.8. The van der Waals surface area contributed by atoms with Crippen LogP contribution in [0.2, 0.25) is 0 Å². The summed E-state index contributed by atoms with van der Waals surface area (Å²) in [6.45, 7) is 3.85. The van der Waals surface area contributed by atoms with Gasteiger partial charge in [-0.1, -0.05) is 18.2 Å². The first-order valence-corrected chi connectivity index (χ1v) is 7.22. The highest BCUT2D eigenvalue weighted by Gasteiger charge is 2.37. The molecular weight excluding hydrogens is 289 g/mol. The van der Waals surface area contributed by atoms with Crippen LogP contribution in [0.4, 0.5) is 4.79 Å². The highest BCUT2D eigenvalue weighted by atomic mass is 16.6. The van der Waals surface area contributed by atoms with E-state index in [9.17, 15) is 14.6 Å². The number of carbonyl (C=O) groups excluding carboxylic acids is 1. The van der Waals surface area contributed by atoms with Crippen LogP contribution in [0, 0.1) is 0 Å². The number of rotatable bonds is 6. The van der Waals surface area contributed by atoms with E-state index in [-0.39, 0.29) is 13.0 Å². The van der Waals surface area contributed by atoms with Gasteiger partial charge in [0.2, 0.25) is 0 Å². The van der Waals surface area contributed by atoms with E-state index in [1.807, 2.05) is 32.1 Å². The average Bonchev–Trinajstić information content (AvgIpc) is 2.45. The van der Waals surface area contributed by atoms with E-state index < -0.39 is 31.2 Å². The van der Waals surface area contributed by atoms with Crippen LogP contribution in [0.5, 0.6) is 0 Å². The predicted octanol–water partition coefficient (Wildman–Crippen LogP) is 1.28. The number of alkyl carbamates (subject to hydrolysis) is 1. The Morgan fingerprint density at radius 3 is 2.68 bits per heavy atom. The Labute approximate surface area is 130 Å². The second-order valence-corrected chi connectivity index (χ2v) is 5.01. The molecule has 0 radical (unpaired) electrons. The first-order valence-electron chi connectivity index (χ1n) is 7.22. The molecule has 1 fully saturated rings. The molecule has 0 bridgehead atoms. The smallest absolute Gasteiger partial charge is 0.478 e. The monoisotopic (exact) mass is 311 g/mol. The highest BCUT2D eigenvalue weighted by Crippen LogP contribution is 2.18. The number of aliphatic carboxylic acids is 1. The summed E-state index contributed by atoms with van der Waals surface area (Å²) < 4.78 is 10.2. The van der Waals surface area contributed by atoms with Gasteiger partial charge in [-0.25, -0.2) is 4.79 Å². The van der Waals surface area contributed by atoms with Gasteiger partial charge in [-0.2, -0.15) is 0 Å². The molecule has 0 aromatic rings. The lowest BCUT2D eigenvalue weighted by Gasteiger charge is -2.30. The number of amides is 1. The number of hydrogen-bond acceptors (Lipinski definition) is 5. The van der Waals surface area contributed by atoms with Crippen LogP contribution in [0.25, 0.3) is 0 Å². The van der Waals surface area contributed by atoms with Crippen LogP contribution in [0.1, 0.15) is 33.1 Å². The van der Waals surface area contributed by atoms with Gasteiger partial charge in [-0.15, -0.1) is 0 Å². The molecule has 1 rings (SSSR count). The van der Waals surface area contributed by atoms with Crippen LogP contribution in [0.3, 0.4) is 0 Å². The number of carboxylic acids is 1. The molecule has 0 unspecified atom stereocenters. The van der Waals surface area contributed by atoms with Gasteiger partial charge in [0.05, 0.1) is 18.5 Å². The number of ether oxygens (including phenoxy) is 1. The van der Waals surface area contributed by atoms with E-state index in [4.69, 9.17) is 14.5 Å². The topological polar surface area (TPSA) is 105 Å². The molecule has 8 heteroatoms.